The van der Waals surface area contributed by atoms with Gasteiger partial charge in [0.2, 0.25) is 10.0 Å². The van der Waals surface area contributed by atoms with Crippen molar-refractivity contribution in [3.05, 3.63) is 45.2 Å². The maximum Gasteiger partial charge on any atom is 0.250 e. The van der Waals surface area contributed by atoms with Gasteiger partial charge in [-0.2, -0.15) is 0 Å². The molecular formula is C14H14BrNO4S2. The molecule has 0 bridgehead atoms. The number of halogens is 1. The van der Waals surface area contributed by atoms with Crippen LogP contribution in [0.25, 0.3) is 0 Å². The number of hydrogen-bond donors (Lipinski definition) is 2. The number of aliphatic hydroxyl groups is 1. The van der Waals surface area contributed by atoms with Crippen LogP contribution in [0, 0.1) is 0 Å². The van der Waals surface area contributed by atoms with Crippen molar-refractivity contribution in [3.8, 4) is 5.75 Å². The van der Waals surface area contributed by atoms with Crippen LogP contribution in [0.2, 0.25) is 0 Å². The minimum absolute atomic E-state index is 0.0719. The molecule has 0 radical (unpaired) electrons. The van der Waals surface area contributed by atoms with Crippen LogP contribution in [-0.4, -0.2) is 26.7 Å². The molecule has 0 aliphatic carbocycles. The maximum absolute atomic E-state index is 12.1. The highest BCUT2D eigenvalue weighted by molar-refractivity contribution is 9.11. The first-order chi connectivity index (χ1) is 10.5. The molecule has 3 rings (SSSR count). The molecule has 1 aromatic carbocycles. The van der Waals surface area contributed by atoms with E-state index in [0.29, 0.717) is 12.2 Å². The molecule has 1 atom stereocenters. The van der Waals surface area contributed by atoms with Crippen molar-refractivity contribution in [2.75, 3.05) is 13.2 Å². The molecule has 2 N–H and O–H groups in total. The van der Waals surface area contributed by atoms with Crippen molar-refractivity contribution in [1.29, 1.82) is 0 Å². The summed E-state index contributed by atoms with van der Waals surface area (Å²) < 4.78 is 33.0. The lowest BCUT2D eigenvalue weighted by Crippen LogP contribution is -2.28. The van der Waals surface area contributed by atoms with Gasteiger partial charge in [-0.15, -0.1) is 11.3 Å². The summed E-state index contributed by atoms with van der Waals surface area (Å²) in [5.41, 5.74) is 1.72. The lowest BCUT2D eigenvalue weighted by molar-refractivity contribution is 0.182. The van der Waals surface area contributed by atoms with Crippen LogP contribution < -0.4 is 9.46 Å². The van der Waals surface area contributed by atoms with Crippen molar-refractivity contribution in [1.82, 2.24) is 4.72 Å². The molecular weight excluding hydrogens is 390 g/mol. The van der Waals surface area contributed by atoms with Gasteiger partial charge in [0.15, 0.2) is 0 Å². The Labute approximate surface area is 141 Å². The van der Waals surface area contributed by atoms with Crippen LogP contribution in [0.4, 0.5) is 0 Å². The summed E-state index contributed by atoms with van der Waals surface area (Å²) in [5, 5.41) is 10.2. The second-order valence-corrected chi connectivity index (χ2v) is 9.35. The molecule has 1 aliphatic heterocycles. The zero-order valence-corrected chi connectivity index (χ0v) is 14.7. The third kappa shape index (κ3) is 3.36. The standard InChI is InChI=1S/C14H14BrNO4S2/c15-13-3-4-14(21-13)22(18,19)16-8-11(17)9-1-2-12-10(7-9)5-6-20-12/h1-4,7,11,16-17H,5-6,8H2. The fourth-order valence-corrected chi connectivity index (χ4v) is 5.33. The normalized spacial score (nSPS) is 15.4. The van der Waals surface area contributed by atoms with E-state index in [0.717, 1.165) is 32.9 Å². The zero-order chi connectivity index (χ0) is 15.7. The highest BCUT2D eigenvalue weighted by atomic mass is 79.9. The average molecular weight is 404 g/mol. The number of benzene rings is 1. The van der Waals surface area contributed by atoms with E-state index in [1.807, 2.05) is 12.1 Å². The van der Waals surface area contributed by atoms with Crippen LogP contribution in [0.3, 0.4) is 0 Å². The topological polar surface area (TPSA) is 75.6 Å². The van der Waals surface area contributed by atoms with E-state index in [4.69, 9.17) is 4.74 Å². The summed E-state index contributed by atoms with van der Waals surface area (Å²) in [6.45, 7) is 0.576. The van der Waals surface area contributed by atoms with Crippen molar-refractivity contribution >= 4 is 37.3 Å². The van der Waals surface area contributed by atoms with Gasteiger partial charge in [0.25, 0.3) is 0 Å². The van der Waals surface area contributed by atoms with E-state index >= 15 is 0 Å². The predicted molar refractivity (Wildman–Crippen MR) is 87.8 cm³/mol. The summed E-state index contributed by atoms with van der Waals surface area (Å²) >= 11 is 4.36. The zero-order valence-electron chi connectivity index (χ0n) is 11.5. The lowest BCUT2D eigenvalue weighted by atomic mass is 10.0. The minimum atomic E-state index is -3.60. The molecule has 1 aliphatic rings. The van der Waals surface area contributed by atoms with Crippen LogP contribution in [0.15, 0.2) is 38.3 Å². The second kappa shape index (κ2) is 6.29. The number of thiophene rings is 1. The summed E-state index contributed by atoms with van der Waals surface area (Å²) in [7, 11) is -3.60. The summed E-state index contributed by atoms with van der Waals surface area (Å²) in [5.74, 6) is 0.833. The van der Waals surface area contributed by atoms with Crippen molar-refractivity contribution in [2.45, 2.75) is 16.7 Å². The molecule has 2 aromatic rings. The third-order valence-corrected chi connectivity index (χ3v) is 6.92. The van der Waals surface area contributed by atoms with Gasteiger partial charge in [-0.3, -0.25) is 0 Å². The first-order valence-corrected chi connectivity index (χ1v) is 9.74. The van der Waals surface area contributed by atoms with Gasteiger partial charge in [-0.05, 0) is 51.3 Å². The number of rotatable bonds is 5. The molecule has 118 valence electrons. The van der Waals surface area contributed by atoms with Gasteiger partial charge in [0, 0.05) is 13.0 Å². The molecule has 0 saturated heterocycles. The average Bonchev–Trinajstić information content (AvgIpc) is 3.12. The number of hydrogen-bond acceptors (Lipinski definition) is 5. The van der Waals surface area contributed by atoms with Crippen LogP contribution in [0.1, 0.15) is 17.2 Å². The van der Waals surface area contributed by atoms with Crippen molar-refractivity contribution in [2.24, 2.45) is 0 Å². The Kier molecular flexibility index (Phi) is 4.56. The van der Waals surface area contributed by atoms with E-state index in [2.05, 4.69) is 20.7 Å². The predicted octanol–water partition coefficient (Wildman–Crippen LogP) is 2.46. The molecule has 22 heavy (non-hydrogen) atoms. The quantitative estimate of drug-likeness (QED) is 0.803. The monoisotopic (exact) mass is 403 g/mol. The lowest BCUT2D eigenvalue weighted by Gasteiger charge is -2.13. The summed E-state index contributed by atoms with van der Waals surface area (Å²) in [6.07, 6.45) is -0.0886. The molecule has 1 unspecified atom stereocenters. The molecule has 0 saturated carbocycles. The van der Waals surface area contributed by atoms with Crippen LogP contribution >= 0.6 is 27.3 Å². The molecule has 2 heterocycles. The second-order valence-electron chi connectivity index (χ2n) is 4.89. The van der Waals surface area contributed by atoms with E-state index < -0.39 is 16.1 Å². The fraction of sp³-hybridized carbons (Fsp3) is 0.286. The van der Waals surface area contributed by atoms with Crippen LogP contribution in [-0.2, 0) is 16.4 Å². The van der Waals surface area contributed by atoms with Gasteiger partial charge in [0.1, 0.15) is 9.96 Å². The van der Waals surface area contributed by atoms with E-state index in [9.17, 15) is 13.5 Å². The molecule has 1 aromatic heterocycles. The molecule has 0 fully saturated rings. The largest absolute Gasteiger partial charge is 0.493 e. The highest BCUT2D eigenvalue weighted by Gasteiger charge is 2.20. The summed E-state index contributed by atoms with van der Waals surface area (Å²) in [6, 6.07) is 8.63. The first-order valence-electron chi connectivity index (χ1n) is 6.64. The van der Waals surface area contributed by atoms with Gasteiger partial charge < -0.3 is 9.84 Å². The maximum atomic E-state index is 12.1. The molecule has 5 nitrogen and oxygen atoms in total. The molecule has 0 amide bonds. The van der Waals surface area contributed by atoms with Gasteiger partial charge >= 0.3 is 0 Å². The van der Waals surface area contributed by atoms with Gasteiger partial charge in [-0.25, -0.2) is 13.1 Å². The Morgan fingerprint density at radius 1 is 1.36 bits per heavy atom. The van der Waals surface area contributed by atoms with Crippen molar-refractivity contribution < 1.29 is 18.3 Å². The number of ether oxygens (including phenoxy) is 1. The minimum Gasteiger partial charge on any atom is -0.493 e. The Morgan fingerprint density at radius 3 is 2.91 bits per heavy atom. The SMILES string of the molecule is O=S(=O)(NCC(O)c1ccc2c(c1)CCO2)c1ccc(Br)s1. The smallest absolute Gasteiger partial charge is 0.250 e. The van der Waals surface area contributed by atoms with Crippen LogP contribution in [0.5, 0.6) is 5.75 Å². The van der Waals surface area contributed by atoms with Gasteiger partial charge in [-0.1, -0.05) is 6.07 Å². The number of fused-ring (bicyclic) bond motifs is 1. The molecule has 8 heteroatoms. The fourth-order valence-electron chi connectivity index (χ4n) is 2.23. The number of nitrogens with one attached hydrogen (secondary N) is 1. The van der Waals surface area contributed by atoms with Gasteiger partial charge in [0.05, 0.1) is 16.5 Å². The van der Waals surface area contributed by atoms with E-state index in [-0.39, 0.29) is 10.8 Å². The molecule has 0 spiro atoms. The third-order valence-electron chi connectivity index (χ3n) is 3.38. The number of sulfonamides is 1. The Bertz CT molecular complexity index is 788. The Morgan fingerprint density at radius 2 is 2.18 bits per heavy atom. The Hall–Kier alpha value is -0.930. The summed E-state index contributed by atoms with van der Waals surface area (Å²) in [4.78, 5) is 0. The number of aliphatic hydroxyl groups excluding tert-OH is 1. The van der Waals surface area contributed by atoms with Crippen molar-refractivity contribution in [3.63, 3.8) is 0 Å². The van der Waals surface area contributed by atoms with E-state index in [1.165, 1.54) is 6.07 Å². The van der Waals surface area contributed by atoms with E-state index in [1.54, 1.807) is 12.1 Å². The Balaban J connectivity index is 1.68. The highest BCUT2D eigenvalue weighted by Crippen LogP contribution is 2.29. The first kappa shape index (κ1) is 15.9.